The molecule has 1 aromatic rings. The zero-order valence-corrected chi connectivity index (χ0v) is 10.8. The van der Waals surface area contributed by atoms with Gasteiger partial charge in [-0.05, 0) is 6.42 Å². The molecule has 2 rings (SSSR count). The summed E-state index contributed by atoms with van der Waals surface area (Å²) in [7, 11) is 0. The fourth-order valence-electron chi connectivity index (χ4n) is 1.93. The Kier molecular flexibility index (Phi) is 4.18. The maximum Gasteiger partial charge on any atom is 0.223 e. The first kappa shape index (κ1) is 13.6. The van der Waals surface area contributed by atoms with Crippen LogP contribution in [0.25, 0.3) is 0 Å². The van der Waals surface area contributed by atoms with Gasteiger partial charge in [-0.1, -0.05) is 23.8 Å². The maximum absolute atomic E-state index is 10.6. The number of carbonyl (C=O) groups is 1. The van der Waals surface area contributed by atoms with Crippen LogP contribution in [0.1, 0.15) is 6.42 Å². The van der Waals surface area contributed by atoms with E-state index in [1.54, 1.807) is 0 Å². The summed E-state index contributed by atoms with van der Waals surface area (Å²) < 4.78 is 0. The van der Waals surface area contributed by atoms with Gasteiger partial charge in [0.05, 0.1) is 0 Å². The van der Waals surface area contributed by atoms with E-state index in [4.69, 9.17) is 22.4 Å². The maximum atomic E-state index is 10.6. The van der Waals surface area contributed by atoms with Crippen LogP contribution in [0.2, 0.25) is 5.15 Å². The molecule has 1 heterocycles. The van der Waals surface area contributed by atoms with Gasteiger partial charge >= 0.3 is 0 Å². The highest BCUT2D eigenvalue weighted by atomic mass is 35.5. The molecule has 0 aromatic carbocycles. The number of anilines is 3. The summed E-state index contributed by atoms with van der Waals surface area (Å²) in [4.78, 5) is 18.4. The molecule has 2 atom stereocenters. The number of nitrogens with one attached hydrogen (secondary N) is 2. The largest absolute Gasteiger partial charge is 0.396 e. The fraction of sp³-hybridized carbons (Fsp3) is 0.364. The predicted molar refractivity (Wildman–Crippen MR) is 72.9 cm³/mol. The zero-order valence-electron chi connectivity index (χ0n) is 10.0. The molecule has 7 nitrogen and oxygen atoms in total. The normalized spacial score (nSPS) is 21.4. The molecule has 0 aliphatic heterocycles. The van der Waals surface area contributed by atoms with Crippen LogP contribution in [0, 0.1) is 5.92 Å². The summed E-state index contributed by atoms with van der Waals surface area (Å²) in [5.74, 6) is 0.497. The third-order valence-corrected chi connectivity index (χ3v) is 3.09. The predicted octanol–water partition coefficient (Wildman–Crippen LogP) is 0.629. The number of nitrogen functional groups attached to an aromatic ring is 1. The van der Waals surface area contributed by atoms with E-state index in [2.05, 4.69) is 20.6 Å². The smallest absolute Gasteiger partial charge is 0.223 e. The molecular formula is C11H14ClN5O2. The molecule has 19 heavy (non-hydrogen) atoms. The van der Waals surface area contributed by atoms with Gasteiger partial charge in [-0.3, -0.25) is 4.79 Å². The summed E-state index contributed by atoms with van der Waals surface area (Å²) in [5, 5.41) is 14.7. The van der Waals surface area contributed by atoms with Crippen molar-refractivity contribution in [3.8, 4) is 0 Å². The van der Waals surface area contributed by atoms with Gasteiger partial charge in [-0.25, -0.2) is 0 Å². The van der Waals surface area contributed by atoms with E-state index in [1.807, 2.05) is 12.2 Å². The molecule has 0 fully saturated rings. The minimum Gasteiger partial charge on any atom is -0.396 e. The lowest BCUT2D eigenvalue weighted by Crippen LogP contribution is -2.19. The van der Waals surface area contributed by atoms with Crippen molar-refractivity contribution in [3.05, 3.63) is 17.3 Å². The number of hydrogen-bond acceptors (Lipinski definition) is 6. The van der Waals surface area contributed by atoms with Gasteiger partial charge in [-0.2, -0.15) is 9.97 Å². The molecule has 0 unspecified atom stereocenters. The molecule has 102 valence electrons. The lowest BCUT2D eigenvalue weighted by molar-refractivity contribution is -0.105. The molecule has 1 aliphatic carbocycles. The van der Waals surface area contributed by atoms with Gasteiger partial charge < -0.3 is 21.5 Å². The van der Waals surface area contributed by atoms with Crippen molar-refractivity contribution >= 4 is 35.5 Å². The average molecular weight is 284 g/mol. The van der Waals surface area contributed by atoms with Crippen molar-refractivity contribution in [3.63, 3.8) is 0 Å². The Bertz CT molecular complexity index is 508. The Balaban J connectivity index is 2.19. The second-order valence-corrected chi connectivity index (χ2v) is 4.53. The van der Waals surface area contributed by atoms with Crippen LogP contribution in [0.4, 0.5) is 17.5 Å². The Morgan fingerprint density at radius 1 is 1.53 bits per heavy atom. The summed E-state index contributed by atoms with van der Waals surface area (Å²) in [6, 6.07) is -0.00489. The van der Waals surface area contributed by atoms with Crippen molar-refractivity contribution in [2.24, 2.45) is 5.92 Å². The van der Waals surface area contributed by atoms with E-state index in [1.165, 1.54) is 0 Å². The highest BCUT2D eigenvalue weighted by molar-refractivity contribution is 6.33. The number of amides is 1. The summed E-state index contributed by atoms with van der Waals surface area (Å²) in [6.07, 6.45) is 5.08. The molecule has 0 saturated carbocycles. The first-order valence-corrected chi connectivity index (χ1v) is 6.10. The van der Waals surface area contributed by atoms with Crippen LogP contribution in [0.5, 0.6) is 0 Å². The first-order valence-electron chi connectivity index (χ1n) is 5.73. The number of aliphatic hydroxyl groups excluding tert-OH is 1. The first-order chi connectivity index (χ1) is 9.13. The minimum atomic E-state index is -0.00489. The molecule has 0 saturated heterocycles. The third-order valence-electron chi connectivity index (χ3n) is 2.81. The van der Waals surface area contributed by atoms with Crippen molar-refractivity contribution in [2.45, 2.75) is 12.5 Å². The zero-order chi connectivity index (χ0) is 13.8. The molecule has 0 radical (unpaired) electrons. The van der Waals surface area contributed by atoms with Gasteiger partial charge in [0, 0.05) is 18.6 Å². The number of aromatic nitrogens is 2. The summed E-state index contributed by atoms with van der Waals surface area (Å²) >= 11 is 5.90. The van der Waals surface area contributed by atoms with Crippen LogP contribution in [0.3, 0.4) is 0 Å². The number of nitrogens with zero attached hydrogens (tertiary/aromatic N) is 2. The number of halogens is 1. The van der Waals surface area contributed by atoms with Crippen LogP contribution in [-0.2, 0) is 4.79 Å². The summed E-state index contributed by atoms with van der Waals surface area (Å²) in [6.45, 7) is 0.0980. The third kappa shape index (κ3) is 3.12. The Morgan fingerprint density at radius 2 is 2.32 bits per heavy atom. The number of rotatable bonds is 5. The average Bonchev–Trinajstić information content (AvgIpc) is 2.81. The van der Waals surface area contributed by atoms with Gasteiger partial charge in [0.15, 0.2) is 11.0 Å². The van der Waals surface area contributed by atoms with Crippen molar-refractivity contribution in [1.82, 2.24) is 9.97 Å². The van der Waals surface area contributed by atoms with Gasteiger partial charge in [0.25, 0.3) is 0 Å². The fourth-order valence-corrected chi connectivity index (χ4v) is 2.16. The Labute approximate surface area is 114 Å². The number of aliphatic hydroxyl groups is 1. The number of hydrogen-bond donors (Lipinski definition) is 4. The van der Waals surface area contributed by atoms with Gasteiger partial charge in [0.1, 0.15) is 5.69 Å². The van der Waals surface area contributed by atoms with E-state index in [0.29, 0.717) is 12.2 Å². The van der Waals surface area contributed by atoms with Crippen LogP contribution in [-0.4, -0.2) is 34.1 Å². The molecule has 8 heteroatoms. The molecule has 0 spiro atoms. The number of carbonyl (C=O) groups excluding carboxylic acids is 1. The molecule has 1 aliphatic rings. The van der Waals surface area contributed by atoms with E-state index < -0.39 is 0 Å². The van der Waals surface area contributed by atoms with Crippen molar-refractivity contribution in [1.29, 1.82) is 0 Å². The highest BCUT2D eigenvalue weighted by Gasteiger charge is 2.20. The highest BCUT2D eigenvalue weighted by Crippen LogP contribution is 2.30. The second-order valence-electron chi connectivity index (χ2n) is 4.17. The van der Waals surface area contributed by atoms with Gasteiger partial charge in [0.2, 0.25) is 12.4 Å². The minimum absolute atomic E-state index is 0.00489. The quantitative estimate of drug-likeness (QED) is 0.358. The van der Waals surface area contributed by atoms with Crippen LogP contribution >= 0.6 is 11.6 Å². The van der Waals surface area contributed by atoms with E-state index >= 15 is 0 Å². The second kappa shape index (κ2) is 5.85. The Morgan fingerprint density at radius 3 is 2.95 bits per heavy atom. The number of nitrogens with two attached hydrogens (primary N) is 1. The molecule has 5 N–H and O–H groups in total. The molecular weight excluding hydrogens is 270 g/mol. The Hall–Kier alpha value is -1.86. The molecule has 1 aromatic heterocycles. The van der Waals surface area contributed by atoms with Crippen molar-refractivity contribution in [2.75, 3.05) is 23.0 Å². The van der Waals surface area contributed by atoms with Crippen LogP contribution in [0.15, 0.2) is 12.2 Å². The molecule has 0 bridgehead atoms. The van der Waals surface area contributed by atoms with E-state index in [-0.39, 0.29) is 35.4 Å². The van der Waals surface area contributed by atoms with Gasteiger partial charge in [-0.15, -0.1) is 0 Å². The van der Waals surface area contributed by atoms with E-state index in [0.717, 1.165) is 6.42 Å². The lowest BCUT2D eigenvalue weighted by Gasteiger charge is -2.16. The van der Waals surface area contributed by atoms with E-state index in [9.17, 15) is 4.79 Å². The van der Waals surface area contributed by atoms with Crippen LogP contribution < -0.4 is 16.4 Å². The molecule has 1 amide bonds. The monoisotopic (exact) mass is 283 g/mol. The topological polar surface area (TPSA) is 113 Å². The SMILES string of the molecule is Nc1nc(Cl)c(NC=O)c(N[C@H]2C=C[C@@H](CO)C2)n1. The van der Waals surface area contributed by atoms with Crippen molar-refractivity contribution < 1.29 is 9.90 Å². The summed E-state index contributed by atoms with van der Waals surface area (Å²) in [5.41, 5.74) is 5.82. The standard InChI is InChI=1S/C11H14ClN5O2/c12-9-8(14-5-19)10(17-11(13)16-9)15-7-2-1-6(3-7)4-18/h1-2,5-7,18H,3-4H2,(H,14,19)(H3,13,15,16,17)/t6-,7+/m1/s1. The lowest BCUT2D eigenvalue weighted by atomic mass is 10.1.